The average Bonchev–Trinajstić information content (AvgIpc) is 2.74. The lowest BCUT2D eigenvalue weighted by atomic mass is 10.1. The van der Waals surface area contributed by atoms with E-state index in [0.717, 1.165) is 35.3 Å². The highest BCUT2D eigenvalue weighted by Crippen LogP contribution is 2.30. The van der Waals surface area contributed by atoms with E-state index in [1.165, 1.54) is 4.88 Å². The maximum atomic E-state index is 9.43. The Morgan fingerprint density at radius 3 is 2.85 bits per heavy atom. The number of aryl methyl sites for hydroxylation is 1. The number of nitrogens with zero attached hydrogens (tertiary/aromatic N) is 2. The van der Waals surface area contributed by atoms with E-state index in [1.807, 2.05) is 13.0 Å². The predicted molar refractivity (Wildman–Crippen MR) is 91.0 cm³/mol. The fourth-order valence-corrected chi connectivity index (χ4v) is 2.92. The van der Waals surface area contributed by atoms with Crippen LogP contribution in [0.3, 0.4) is 0 Å². The fourth-order valence-electron chi connectivity index (χ4n) is 2.02. The van der Waals surface area contributed by atoms with Gasteiger partial charge < -0.3 is 16.2 Å². The molecule has 0 saturated heterocycles. The molecule has 0 aliphatic carbocycles. The van der Waals surface area contributed by atoms with Gasteiger partial charge in [0.15, 0.2) is 0 Å². The van der Waals surface area contributed by atoms with E-state index < -0.39 is 0 Å². The summed E-state index contributed by atoms with van der Waals surface area (Å²) in [6.45, 7) is 4.26. The first-order chi connectivity index (χ1) is 9.13. The highest BCUT2D eigenvalue weighted by atomic mass is 32.1. The molecule has 7 heteroatoms. The zero-order valence-corrected chi connectivity index (χ0v) is 13.6. The minimum atomic E-state index is 0. The number of aromatic nitrogens is 2. The number of thiophene rings is 1. The van der Waals surface area contributed by atoms with Crippen molar-refractivity contribution in [2.45, 2.75) is 39.2 Å². The van der Waals surface area contributed by atoms with Crippen LogP contribution in [-0.4, -0.2) is 27.7 Å². The van der Waals surface area contributed by atoms with Crippen molar-refractivity contribution in [3.63, 3.8) is 0 Å². The second-order valence-corrected chi connectivity index (χ2v) is 5.92. The first-order valence-corrected chi connectivity index (χ1v) is 7.36. The van der Waals surface area contributed by atoms with Crippen LogP contribution in [0.1, 0.15) is 31.1 Å². The Bertz CT molecular complexity index is 559. The molecule has 2 heterocycles. The molecule has 0 aliphatic heterocycles. The molecule has 0 saturated carbocycles. The number of unbranched alkanes of at least 4 members (excludes halogenated alkanes) is 1. The Labute approximate surface area is 130 Å². The van der Waals surface area contributed by atoms with Crippen LogP contribution in [0, 0.1) is 6.92 Å². The van der Waals surface area contributed by atoms with Crippen molar-refractivity contribution >= 4 is 46.8 Å². The lowest BCUT2D eigenvalue weighted by Crippen LogP contribution is -2.24. The van der Waals surface area contributed by atoms with Crippen LogP contribution in [0.15, 0.2) is 6.07 Å². The van der Waals surface area contributed by atoms with Gasteiger partial charge in [-0.2, -0.15) is 18.5 Å². The highest BCUT2D eigenvalue weighted by molar-refractivity contribution is 7.59. The van der Waals surface area contributed by atoms with Crippen molar-refractivity contribution in [3.05, 3.63) is 10.9 Å². The topological polar surface area (TPSA) is 84.1 Å². The number of hydrogen-bond acceptors (Lipinski definition) is 6. The molecule has 0 bridgehead atoms. The van der Waals surface area contributed by atoms with Crippen molar-refractivity contribution in [2.24, 2.45) is 0 Å². The molecule has 2 aromatic rings. The number of anilines is 2. The molecule has 0 unspecified atom stereocenters. The number of aliphatic hydroxyl groups excluding tert-OH is 1. The van der Waals surface area contributed by atoms with Gasteiger partial charge in [-0.05, 0) is 19.4 Å². The lowest BCUT2D eigenvalue weighted by Gasteiger charge is -2.17. The molecule has 0 amide bonds. The SMILES string of the molecule is CCCC[C@@H](CO)Nc1nc(N)nc2cc(C)sc12.S. The van der Waals surface area contributed by atoms with Crippen LogP contribution < -0.4 is 11.1 Å². The predicted octanol–water partition coefficient (Wildman–Crippen LogP) is 2.66. The molecule has 0 aliphatic rings. The Morgan fingerprint density at radius 2 is 2.20 bits per heavy atom. The van der Waals surface area contributed by atoms with Crippen LogP contribution in [0.5, 0.6) is 0 Å². The zero-order valence-electron chi connectivity index (χ0n) is 11.8. The van der Waals surface area contributed by atoms with Crippen molar-refractivity contribution in [2.75, 3.05) is 17.7 Å². The standard InChI is InChI=1S/C13H20N4OS.H2S/c1-3-4-5-9(7-18)15-12-11-10(6-8(2)19-11)16-13(14)17-12;/h6,9,18H,3-5,7H2,1-2H3,(H3,14,15,16,17);1H2/t9-;/m0./s1. The van der Waals surface area contributed by atoms with Gasteiger partial charge in [0.2, 0.25) is 5.95 Å². The van der Waals surface area contributed by atoms with Crippen molar-refractivity contribution in [1.29, 1.82) is 0 Å². The third kappa shape index (κ3) is 3.97. The fraction of sp³-hybridized carbons (Fsp3) is 0.538. The van der Waals surface area contributed by atoms with Gasteiger partial charge in [-0.25, -0.2) is 4.98 Å². The minimum absolute atomic E-state index is 0. The zero-order chi connectivity index (χ0) is 13.8. The number of rotatable bonds is 6. The molecule has 4 N–H and O–H groups in total. The molecule has 20 heavy (non-hydrogen) atoms. The molecule has 2 aromatic heterocycles. The first-order valence-electron chi connectivity index (χ1n) is 6.55. The number of nitrogen functional groups attached to an aromatic ring is 1. The average molecular weight is 314 g/mol. The van der Waals surface area contributed by atoms with E-state index in [4.69, 9.17) is 5.73 Å². The third-order valence-corrected chi connectivity index (χ3v) is 4.03. The monoisotopic (exact) mass is 314 g/mol. The second kappa shape index (κ2) is 7.66. The van der Waals surface area contributed by atoms with Gasteiger partial charge in [0.1, 0.15) is 5.82 Å². The molecule has 5 nitrogen and oxygen atoms in total. The van der Waals surface area contributed by atoms with E-state index >= 15 is 0 Å². The Hall–Kier alpha value is -1.05. The van der Waals surface area contributed by atoms with E-state index in [0.29, 0.717) is 0 Å². The van der Waals surface area contributed by atoms with Gasteiger partial charge >= 0.3 is 0 Å². The van der Waals surface area contributed by atoms with E-state index in [2.05, 4.69) is 22.2 Å². The summed E-state index contributed by atoms with van der Waals surface area (Å²) in [6, 6.07) is 2.02. The van der Waals surface area contributed by atoms with Crippen LogP contribution in [-0.2, 0) is 0 Å². The van der Waals surface area contributed by atoms with Gasteiger partial charge in [-0.3, -0.25) is 0 Å². The lowest BCUT2D eigenvalue weighted by molar-refractivity contribution is 0.267. The van der Waals surface area contributed by atoms with E-state index in [1.54, 1.807) is 11.3 Å². The van der Waals surface area contributed by atoms with Crippen molar-refractivity contribution in [3.8, 4) is 0 Å². The van der Waals surface area contributed by atoms with E-state index in [9.17, 15) is 5.11 Å². The largest absolute Gasteiger partial charge is 0.394 e. The van der Waals surface area contributed by atoms with Crippen LogP contribution in [0.4, 0.5) is 11.8 Å². The molecule has 0 fully saturated rings. The van der Waals surface area contributed by atoms with Crippen LogP contribution in [0.25, 0.3) is 10.2 Å². The summed E-state index contributed by atoms with van der Waals surface area (Å²) >= 11 is 1.64. The third-order valence-electron chi connectivity index (χ3n) is 2.98. The summed E-state index contributed by atoms with van der Waals surface area (Å²) in [5, 5.41) is 12.7. The molecule has 2 rings (SSSR count). The molecular formula is C13H22N4OS2. The maximum Gasteiger partial charge on any atom is 0.222 e. The molecule has 0 spiro atoms. The van der Waals surface area contributed by atoms with Crippen molar-refractivity contribution < 1.29 is 5.11 Å². The van der Waals surface area contributed by atoms with Gasteiger partial charge in [-0.1, -0.05) is 19.8 Å². The number of aliphatic hydroxyl groups is 1. The van der Waals surface area contributed by atoms with Gasteiger partial charge in [0.25, 0.3) is 0 Å². The summed E-state index contributed by atoms with van der Waals surface area (Å²) in [7, 11) is 0. The first kappa shape index (κ1) is 17.0. The highest BCUT2D eigenvalue weighted by Gasteiger charge is 2.13. The van der Waals surface area contributed by atoms with Gasteiger partial charge in [-0.15, -0.1) is 11.3 Å². The molecule has 1 atom stereocenters. The van der Waals surface area contributed by atoms with E-state index in [-0.39, 0.29) is 32.1 Å². The number of nitrogens with one attached hydrogen (secondary N) is 1. The number of nitrogens with two attached hydrogens (primary N) is 1. The summed E-state index contributed by atoms with van der Waals surface area (Å²) in [5.74, 6) is 0.996. The summed E-state index contributed by atoms with van der Waals surface area (Å²) in [6.07, 6.45) is 3.10. The normalized spacial score (nSPS) is 12.2. The molecule has 0 radical (unpaired) electrons. The second-order valence-electron chi connectivity index (χ2n) is 4.67. The van der Waals surface area contributed by atoms with Crippen LogP contribution in [0.2, 0.25) is 0 Å². The van der Waals surface area contributed by atoms with Gasteiger partial charge in [0, 0.05) is 4.88 Å². The number of fused-ring (bicyclic) bond motifs is 1. The van der Waals surface area contributed by atoms with Gasteiger partial charge in [0.05, 0.1) is 22.9 Å². The summed E-state index contributed by atoms with van der Waals surface area (Å²) in [5.41, 5.74) is 6.60. The Kier molecular flexibility index (Phi) is 6.51. The Balaban J connectivity index is 0.00000200. The number of hydrogen-bond donors (Lipinski definition) is 3. The quantitative estimate of drug-likeness (QED) is 0.763. The van der Waals surface area contributed by atoms with Crippen LogP contribution >= 0.6 is 24.8 Å². The summed E-state index contributed by atoms with van der Waals surface area (Å²) < 4.78 is 1.00. The van der Waals surface area contributed by atoms with Crippen molar-refractivity contribution in [1.82, 2.24) is 9.97 Å². The summed E-state index contributed by atoms with van der Waals surface area (Å²) in [4.78, 5) is 9.67. The maximum absolute atomic E-state index is 9.43. The molecule has 112 valence electrons. The molecular weight excluding hydrogens is 292 g/mol. The smallest absolute Gasteiger partial charge is 0.222 e. The Morgan fingerprint density at radius 1 is 1.45 bits per heavy atom. The molecule has 0 aromatic carbocycles. The minimum Gasteiger partial charge on any atom is -0.394 e.